The van der Waals surface area contributed by atoms with Crippen LogP contribution >= 0.6 is 0 Å². The molecular formula is C17H18O5. The number of hydrogen-bond donors (Lipinski definition) is 0. The van der Waals surface area contributed by atoms with Crippen molar-refractivity contribution >= 4 is 11.9 Å². The van der Waals surface area contributed by atoms with Gasteiger partial charge in [0, 0.05) is 18.4 Å². The summed E-state index contributed by atoms with van der Waals surface area (Å²) in [6.45, 7) is 0.530. The number of hydrogen-bond acceptors (Lipinski definition) is 5. The fraction of sp³-hybridized carbons (Fsp3) is 0.412. The topological polar surface area (TPSA) is 65.1 Å². The average Bonchev–Trinajstić information content (AvgIpc) is 3.37. The van der Waals surface area contributed by atoms with E-state index in [4.69, 9.17) is 14.2 Å². The molecule has 0 bridgehead atoms. The van der Waals surface area contributed by atoms with E-state index in [9.17, 15) is 9.59 Å². The third-order valence-corrected chi connectivity index (χ3v) is 3.53. The first-order valence-corrected chi connectivity index (χ1v) is 6.95. The highest BCUT2D eigenvalue weighted by molar-refractivity contribution is 6.00. The summed E-state index contributed by atoms with van der Waals surface area (Å²) in [5, 5.41) is 0. The molecule has 1 saturated heterocycles. The van der Waals surface area contributed by atoms with Crippen molar-refractivity contribution in [1.29, 1.82) is 0 Å². The lowest BCUT2D eigenvalue weighted by molar-refractivity contribution is -0.169. The summed E-state index contributed by atoms with van der Waals surface area (Å²) in [6.07, 6.45) is 0.119. The molecule has 5 heteroatoms. The molecule has 22 heavy (non-hydrogen) atoms. The first-order chi connectivity index (χ1) is 10.6. The summed E-state index contributed by atoms with van der Waals surface area (Å²) in [6, 6.07) is 9.35. The van der Waals surface area contributed by atoms with Crippen molar-refractivity contribution < 1.29 is 23.8 Å². The van der Waals surface area contributed by atoms with E-state index in [0.29, 0.717) is 6.61 Å². The Kier molecular flexibility index (Phi) is 5.18. The maximum Gasteiger partial charge on any atom is 0.324 e. The van der Waals surface area contributed by atoms with E-state index in [1.807, 2.05) is 30.3 Å². The zero-order valence-electron chi connectivity index (χ0n) is 12.6. The largest absolute Gasteiger partial charge is 0.468 e. The van der Waals surface area contributed by atoms with E-state index in [1.165, 1.54) is 14.2 Å². The van der Waals surface area contributed by atoms with Gasteiger partial charge in [0.2, 0.25) is 0 Å². The van der Waals surface area contributed by atoms with Crippen LogP contribution in [0.15, 0.2) is 30.3 Å². The number of rotatable bonds is 5. The van der Waals surface area contributed by atoms with E-state index >= 15 is 0 Å². The van der Waals surface area contributed by atoms with Gasteiger partial charge in [0.15, 0.2) is 5.41 Å². The van der Waals surface area contributed by atoms with Crippen LogP contribution in [0.3, 0.4) is 0 Å². The molecule has 0 N–H and O–H groups in total. The Balaban J connectivity index is 2.24. The molecule has 1 fully saturated rings. The molecule has 0 saturated carbocycles. The zero-order valence-corrected chi connectivity index (χ0v) is 12.6. The number of epoxide rings is 1. The molecule has 0 amide bonds. The SMILES string of the molecule is COC(=O)C(CC#Cc1ccccc1)(CC1CO1)C(=O)OC. The van der Waals surface area contributed by atoms with Crippen molar-refractivity contribution in [2.45, 2.75) is 18.9 Å². The molecule has 5 nitrogen and oxygen atoms in total. The van der Waals surface area contributed by atoms with Crippen LogP contribution in [0.25, 0.3) is 0 Å². The predicted molar refractivity (Wildman–Crippen MR) is 78.8 cm³/mol. The maximum absolute atomic E-state index is 12.2. The van der Waals surface area contributed by atoms with Crippen LogP contribution in [0.5, 0.6) is 0 Å². The smallest absolute Gasteiger partial charge is 0.324 e. The van der Waals surface area contributed by atoms with Crippen LogP contribution in [0, 0.1) is 17.3 Å². The van der Waals surface area contributed by atoms with Crippen LogP contribution in [0.2, 0.25) is 0 Å². The monoisotopic (exact) mass is 302 g/mol. The summed E-state index contributed by atoms with van der Waals surface area (Å²) in [7, 11) is 2.50. The van der Waals surface area contributed by atoms with Crippen LogP contribution in [-0.4, -0.2) is 38.9 Å². The molecular weight excluding hydrogens is 284 g/mol. The van der Waals surface area contributed by atoms with Crippen molar-refractivity contribution in [3.63, 3.8) is 0 Å². The Bertz CT molecular complexity index is 576. The highest BCUT2D eigenvalue weighted by atomic mass is 16.6. The number of ether oxygens (including phenoxy) is 3. The van der Waals surface area contributed by atoms with Crippen LogP contribution in [0.4, 0.5) is 0 Å². The minimum Gasteiger partial charge on any atom is -0.468 e. The number of methoxy groups -OCH3 is 2. The van der Waals surface area contributed by atoms with Gasteiger partial charge in [0.25, 0.3) is 0 Å². The van der Waals surface area contributed by atoms with Gasteiger partial charge in [-0.05, 0) is 12.1 Å². The molecule has 0 spiro atoms. The van der Waals surface area contributed by atoms with Crippen LogP contribution in [0.1, 0.15) is 18.4 Å². The lowest BCUT2D eigenvalue weighted by atomic mass is 9.80. The molecule has 1 aliphatic rings. The molecule has 1 aromatic carbocycles. The molecule has 1 aliphatic heterocycles. The average molecular weight is 302 g/mol. The van der Waals surface area contributed by atoms with E-state index in [-0.39, 0.29) is 18.9 Å². The summed E-state index contributed by atoms with van der Waals surface area (Å²) in [5.74, 6) is 4.56. The van der Waals surface area contributed by atoms with E-state index in [0.717, 1.165) is 5.56 Å². The Morgan fingerprint density at radius 2 is 1.82 bits per heavy atom. The van der Waals surface area contributed by atoms with Crippen molar-refractivity contribution in [2.75, 3.05) is 20.8 Å². The first kappa shape index (κ1) is 16.1. The molecule has 1 unspecified atom stereocenters. The van der Waals surface area contributed by atoms with Crippen molar-refractivity contribution in [3.05, 3.63) is 35.9 Å². The van der Waals surface area contributed by atoms with Gasteiger partial charge in [-0.25, -0.2) is 0 Å². The maximum atomic E-state index is 12.2. The lowest BCUT2D eigenvalue weighted by Gasteiger charge is -2.25. The molecule has 0 aromatic heterocycles. The van der Waals surface area contributed by atoms with Crippen molar-refractivity contribution in [3.8, 4) is 11.8 Å². The Morgan fingerprint density at radius 1 is 1.23 bits per heavy atom. The van der Waals surface area contributed by atoms with Gasteiger partial charge in [0.1, 0.15) is 0 Å². The number of carbonyl (C=O) groups is 2. The molecule has 2 rings (SSSR count). The molecule has 1 aromatic rings. The molecule has 1 atom stereocenters. The van der Waals surface area contributed by atoms with Gasteiger partial charge >= 0.3 is 11.9 Å². The van der Waals surface area contributed by atoms with Gasteiger partial charge in [-0.3, -0.25) is 9.59 Å². The minimum absolute atomic E-state index is 0.0289. The summed E-state index contributed by atoms with van der Waals surface area (Å²) >= 11 is 0. The second kappa shape index (κ2) is 7.10. The second-order valence-corrected chi connectivity index (χ2v) is 5.07. The van der Waals surface area contributed by atoms with Gasteiger partial charge in [-0.1, -0.05) is 30.0 Å². The predicted octanol–water partition coefficient (Wildman–Crippen LogP) is 1.55. The fourth-order valence-electron chi connectivity index (χ4n) is 2.25. The van der Waals surface area contributed by atoms with Crippen LogP contribution < -0.4 is 0 Å². The third kappa shape index (κ3) is 3.66. The van der Waals surface area contributed by atoms with E-state index in [1.54, 1.807) is 0 Å². The normalized spacial score (nSPS) is 16.2. The molecule has 0 aliphatic carbocycles. The quantitative estimate of drug-likeness (QED) is 0.357. The van der Waals surface area contributed by atoms with Crippen LogP contribution in [-0.2, 0) is 23.8 Å². The zero-order chi connectivity index (χ0) is 16.0. The third-order valence-electron chi connectivity index (χ3n) is 3.53. The highest BCUT2D eigenvalue weighted by Gasteiger charge is 2.51. The second-order valence-electron chi connectivity index (χ2n) is 5.07. The number of esters is 2. The van der Waals surface area contributed by atoms with E-state index in [2.05, 4.69) is 11.8 Å². The van der Waals surface area contributed by atoms with Gasteiger partial charge in [0.05, 0.1) is 26.9 Å². The number of benzene rings is 1. The fourth-order valence-corrected chi connectivity index (χ4v) is 2.25. The van der Waals surface area contributed by atoms with Gasteiger partial charge in [-0.2, -0.15) is 0 Å². The van der Waals surface area contributed by atoms with Crippen molar-refractivity contribution in [1.82, 2.24) is 0 Å². The van der Waals surface area contributed by atoms with Crippen molar-refractivity contribution in [2.24, 2.45) is 5.41 Å². The summed E-state index contributed by atoms with van der Waals surface area (Å²) in [4.78, 5) is 24.4. The first-order valence-electron chi connectivity index (χ1n) is 6.95. The van der Waals surface area contributed by atoms with Gasteiger partial charge < -0.3 is 14.2 Å². The molecule has 116 valence electrons. The lowest BCUT2D eigenvalue weighted by Crippen LogP contribution is -2.42. The highest BCUT2D eigenvalue weighted by Crippen LogP contribution is 2.35. The Hall–Kier alpha value is -2.32. The standard InChI is InChI=1S/C17H18O5/c1-20-15(18)17(16(19)21-2,11-14-12-22-14)10-6-9-13-7-4-3-5-8-13/h3-5,7-8,14H,10-12H2,1-2H3. The summed E-state index contributed by atoms with van der Waals surface area (Å²) < 4.78 is 14.8. The molecule has 1 heterocycles. The minimum atomic E-state index is -1.44. The number of carbonyl (C=O) groups excluding carboxylic acids is 2. The Morgan fingerprint density at radius 3 is 2.32 bits per heavy atom. The van der Waals surface area contributed by atoms with Gasteiger partial charge in [-0.15, -0.1) is 0 Å². The van der Waals surface area contributed by atoms with E-state index < -0.39 is 17.4 Å². The Labute approximate surface area is 129 Å². The summed E-state index contributed by atoms with van der Waals surface area (Å²) in [5.41, 5.74) is -0.624. The molecule has 0 radical (unpaired) electrons.